The molecule has 1 N–H and O–H groups in total. The summed E-state index contributed by atoms with van der Waals surface area (Å²) in [4.78, 5) is 2.19. The van der Waals surface area contributed by atoms with Gasteiger partial charge in [0, 0.05) is 31.0 Å². The lowest BCUT2D eigenvalue weighted by atomic mass is 9.98. The molecule has 2 nitrogen and oxygen atoms in total. The van der Waals surface area contributed by atoms with Crippen LogP contribution < -0.4 is 5.32 Å². The van der Waals surface area contributed by atoms with Crippen LogP contribution in [0.1, 0.15) is 18.9 Å². The first kappa shape index (κ1) is 15.4. The molecule has 1 aromatic carbocycles. The van der Waals surface area contributed by atoms with Gasteiger partial charge in [0.05, 0.1) is 6.04 Å². The maximum atomic E-state index is 3.70. The van der Waals surface area contributed by atoms with E-state index < -0.39 is 0 Å². The quantitative estimate of drug-likeness (QED) is 0.862. The van der Waals surface area contributed by atoms with Gasteiger partial charge in [-0.15, -0.1) is 0 Å². The van der Waals surface area contributed by atoms with Crippen molar-refractivity contribution in [3.8, 4) is 0 Å². The van der Waals surface area contributed by atoms with Crippen molar-refractivity contribution in [1.82, 2.24) is 4.90 Å². The molecule has 0 bridgehead atoms. The second-order valence-corrected chi connectivity index (χ2v) is 6.06. The Kier molecular flexibility index (Phi) is 4.52. The van der Waals surface area contributed by atoms with Gasteiger partial charge in [0.1, 0.15) is 0 Å². The minimum absolute atomic E-state index is 0.226. The molecule has 2 aliphatic carbocycles. The molecule has 2 heteroatoms. The highest BCUT2D eigenvalue weighted by molar-refractivity contribution is 5.82. The lowest BCUT2D eigenvalue weighted by Crippen LogP contribution is -2.21. The topological polar surface area (TPSA) is 15.3 Å². The number of nitrogens with one attached hydrogen (secondary N) is 1. The zero-order chi connectivity index (χ0) is 16.2. The number of rotatable bonds is 4. The van der Waals surface area contributed by atoms with E-state index >= 15 is 0 Å². The van der Waals surface area contributed by atoms with Crippen LogP contribution in [0.25, 0.3) is 5.57 Å². The molecule has 2 aliphatic rings. The summed E-state index contributed by atoms with van der Waals surface area (Å²) in [6.45, 7) is 2.09. The zero-order valence-corrected chi connectivity index (χ0v) is 14.1. The molecule has 0 radical (unpaired) electrons. The van der Waals surface area contributed by atoms with Gasteiger partial charge in [-0.25, -0.2) is 0 Å². The number of nitrogens with zero attached hydrogens (tertiary/aromatic N) is 1. The van der Waals surface area contributed by atoms with E-state index in [1.165, 1.54) is 28.1 Å². The van der Waals surface area contributed by atoms with Crippen molar-refractivity contribution in [3.05, 3.63) is 83.6 Å². The first-order valence-corrected chi connectivity index (χ1v) is 8.14. The van der Waals surface area contributed by atoms with Crippen LogP contribution in [0.4, 0.5) is 5.69 Å². The third-order valence-electron chi connectivity index (χ3n) is 4.35. The summed E-state index contributed by atoms with van der Waals surface area (Å²) in [5.41, 5.74) is 6.46. The average molecular weight is 304 g/mol. The molecular formula is C21H24N2. The molecular weight excluding hydrogens is 280 g/mol. The Morgan fingerprint density at radius 1 is 1.13 bits per heavy atom. The van der Waals surface area contributed by atoms with Crippen LogP contribution >= 0.6 is 0 Å². The van der Waals surface area contributed by atoms with Crippen LogP contribution in [0.5, 0.6) is 0 Å². The fraction of sp³-hybridized carbons (Fsp3) is 0.238. The van der Waals surface area contributed by atoms with Crippen molar-refractivity contribution >= 4 is 11.3 Å². The van der Waals surface area contributed by atoms with Crippen LogP contribution in [0.15, 0.2) is 78.1 Å². The summed E-state index contributed by atoms with van der Waals surface area (Å²) in [5.74, 6) is 0. The number of para-hydroxylation sites is 1. The van der Waals surface area contributed by atoms with E-state index in [1.807, 2.05) is 0 Å². The number of allylic oxidation sites excluding steroid dienone is 6. The number of hydrogen-bond acceptors (Lipinski definition) is 2. The highest BCUT2D eigenvalue weighted by Gasteiger charge is 2.18. The molecule has 0 saturated heterocycles. The lowest BCUT2D eigenvalue weighted by molar-refractivity contribution is 0.533. The van der Waals surface area contributed by atoms with E-state index in [9.17, 15) is 0 Å². The van der Waals surface area contributed by atoms with Crippen molar-refractivity contribution in [2.45, 2.75) is 19.4 Å². The lowest BCUT2D eigenvalue weighted by Gasteiger charge is -2.23. The molecule has 0 aromatic heterocycles. The van der Waals surface area contributed by atoms with Gasteiger partial charge in [-0.1, -0.05) is 54.7 Å². The minimum atomic E-state index is 0.226. The fourth-order valence-electron chi connectivity index (χ4n) is 3.16. The van der Waals surface area contributed by atoms with Crippen molar-refractivity contribution in [2.75, 3.05) is 19.4 Å². The van der Waals surface area contributed by atoms with Gasteiger partial charge in [0.15, 0.2) is 0 Å². The summed E-state index contributed by atoms with van der Waals surface area (Å²) < 4.78 is 0. The standard InChI is InChI=1S/C21H24N2/c1-4-16-10-5-7-13-19(16)22-20-14-8-6-11-17(20)18-12-9-15-21(18)23(2)3/h4-11,13-15,19,22H,12H2,1-3H3. The monoisotopic (exact) mass is 304 g/mol. The molecule has 1 atom stereocenters. The molecule has 0 heterocycles. The number of likely N-dealkylation sites (N-methyl/N-ethyl adjacent to an activating group) is 1. The normalized spacial score (nSPS) is 21.3. The third kappa shape index (κ3) is 3.16. The molecule has 0 saturated carbocycles. The van der Waals surface area contributed by atoms with Crippen molar-refractivity contribution in [2.24, 2.45) is 0 Å². The van der Waals surface area contributed by atoms with E-state index in [2.05, 4.69) is 98.0 Å². The van der Waals surface area contributed by atoms with Crippen LogP contribution in [0.3, 0.4) is 0 Å². The third-order valence-corrected chi connectivity index (χ3v) is 4.35. The first-order valence-electron chi connectivity index (χ1n) is 8.14. The molecule has 0 spiro atoms. The molecule has 1 unspecified atom stereocenters. The Balaban J connectivity index is 1.95. The predicted octanol–water partition coefficient (Wildman–Crippen LogP) is 4.77. The van der Waals surface area contributed by atoms with Gasteiger partial charge in [-0.05, 0) is 36.6 Å². The SMILES string of the molecule is CC=C1C=CC=CC1Nc1ccccc1C1=C(N(C)C)C=CC1. The van der Waals surface area contributed by atoms with Gasteiger partial charge in [0.2, 0.25) is 0 Å². The van der Waals surface area contributed by atoms with E-state index in [1.54, 1.807) is 0 Å². The molecule has 118 valence electrons. The van der Waals surface area contributed by atoms with Crippen LogP contribution in [-0.4, -0.2) is 25.0 Å². The smallest absolute Gasteiger partial charge is 0.0698 e. The molecule has 23 heavy (non-hydrogen) atoms. The summed E-state index contributed by atoms with van der Waals surface area (Å²) in [6, 6.07) is 8.83. The number of anilines is 1. The second-order valence-electron chi connectivity index (χ2n) is 6.06. The molecule has 0 amide bonds. The van der Waals surface area contributed by atoms with Gasteiger partial charge in [0.25, 0.3) is 0 Å². The highest BCUT2D eigenvalue weighted by atomic mass is 15.1. The van der Waals surface area contributed by atoms with E-state index in [0.717, 1.165) is 6.42 Å². The van der Waals surface area contributed by atoms with Crippen molar-refractivity contribution < 1.29 is 0 Å². The van der Waals surface area contributed by atoms with E-state index in [-0.39, 0.29) is 6.04 Å². The maximum Gasteiger partial charge on any atom is 0.0698 e. The van der Waals surface area contributed by atoms with E-state index in [0.29, 0.717) is 0 Å². The van der Waals surface area contributed by atoms with Gasteiger partial charge in [-0.3, -0.25) is 0 Å². The number of benzene rings is 1. The molecule has 0 fully saturated rings. The second kappa shape index (κ2) is 6.74. The number of hydrogen-bond donors (Lipinski definition) is 1. The first-order chi connectivity index (χ1) is 11.2. The molecule has 3 rings (SSSR count). The minimum Gasteiger partial charge on any atom is -0.377 e. The predicted molar refractivity (Wildman–Crippen MR) is 100 cm³/mol. The Bertz CT molecular complexity index is 730. The Morgan fingerprint density at radius 3 is 2.74 bits per heavy atom. The Labute approximate surface area is 139 Å². The van der Waals surface area contributed by atoms with Crippen molar-refractivity contribution in [1.29, 1.82) is 0 Å². The molecule has 0 aliphatic heterocycles. The largest absolute Gasteiger partial charge is 0.377 e. The van der Waals surface area contributed by atoms with E-state index in [4.69, 9.17) is 0 Å². The van der Waals surface area contributed by atoms with Crippen molar-refractivity contribution in [3.63, 3.8) is 0 Å². The summed E-state index contributed by atoms with van der Waals surface area (Å²) in [7, 11) is 4.21. The average Bonchev–Trinajstić information content (AvgIpc) is 3.05. The van der Waals surface area contributed by atoms with Crippen LogP contribution in [0.2, 0.25) is 0 Å². The highest BCUT2D eigenvalue weighted by Crippen LogP contribution is 2.35. The van der Waals surface area contributed by atoms with Gasteiger partial charge in [-0.2, -0.15) is 0 Å². The van der Waals surface area contributed by atoms with Crippen LogP contribution in [0, 0.1) is 0 Å². The summed E-state index contributed by atoms with van der Waals surface area (Å²) >= 11 is 0. The fourth-order valence-corrected chi connectivity index (χ4v) is 3.16. The zero-order valence-electron chi connectivity index (χ0n) is 14.1. The Morgan fingerprint density at radius 2 is 1.96 bits per heavy atom. The van der Waals surface area contributed by atoms with Gasteiger partial charge >= 0.3 is 0 Å². The summed E-state index contributed by atoms with van der Waals surface area (Å²) in [6.07, 6.45) is 16.2. The van der Waals surface area contributed by atoms with Crippen LogP contribution in [-0.2, 0) is 0 Å². The Hall–Kier alpha value is -2.48. The molecule has 1 aromatic rings. The summed E-state index contributed by atoms with van der Waals surface area (Å²) in [5, 5.41) is 3.70. The maximum absolute atomic E-state index is 3.70. The van der Waals surface area contributed by atoms with Gasteiger partial charge < -0.3 is 10.2 Å².